The van der Waals surface area contributed by atoms with Gasteiger partial charge >= 0.3 is 0 Å². The molecule has 0 aromatic heterocycles. The number of benzene rings is 1. The zero-order valence-electron chi connectivity index (χ0n) is 14.6. The van der Waals surface area contributed by atoms with Crippen molar-refractivity contribution < 1.29 is 9.53 Å². The number of guanidine groups is 1. The molecular formula is C17H27BrN4O2. The second-order valence-electron chi connectivity index (χ2n) is 5.27. The van der Waals surface area contributed by atoms with Crippen LogP contribution in [0.5, 0.6) is 0 Å². The molecule has 0 saturated carbocycles. The molecule has 1 aromatic carbocycles. The van der Waals surface area contributed by atoms with E-state index in [4.69, 9.17) is 4.74 Å². The lowest BCUT2D eigenvalue weighted by molar-refractivity contribution is -0.130. The lowest BCUT2D eigenvalue weighted by Gasteiger charge is -2.19. The van der Waals surface area contributed by atoms with Crippen LogP contribution in [0, 0.1) is 0 Å². The third-order valence-corrected chi connectivity index (χ3v) is 4.11. The normalized spacial score (nSPS) is 11.2. The first-order valence-corrected chi connectivity index (χ1v) is 8.86. The Balaban J connectivity index is 2.40. The van der Waals surface area contributed by atoms with E-state index in [0.29, 0.717) is 38.6 Å². The first-order valence-electron chi connectivity index (χ1n) is 8.07. The van der Waals surface area contributed by atoms with E-state index >= 15 is 0 Å². The van der Waals surface area contributed by atoms with Crippen LogP contribution in [0.3, 0.4) is 0 Å². The predicted octanol–water partition coefficient (Wildman–Crippen LogP) is 2.00. The maximum absolute atomic E-state index is 12.2. The molecule has 7 heteroatoms. The molecular weight excluding hydrogens is 372 g/mol. The van der Waals surface area contributed by atoms with Crippen molar-refractivity contribution >= 4 is 27.8 Å². The number of methoxy groups -OCH3 is 1. The molecule has 1 aromatic rings. The van der Waals surface area contributed by atoms with Crippen molar-refractivity contribution in [1.29, 1.82) is 0 Å². The molecule has 0 aliphatic carbocycles. The molecule has 0 aliphatic heterocycles. The molecule has 0 saturated heterocycles. The maximum atomic E-state index is 12.2. The third-order valence-electron chi connectivity index (χ3n) is 3.33. The van der Waals surface area contributed by atoms with Crippen molar-refractivity contribution in [3.05, 3.63) is 34.3 Å². The number of rotatable bonds is 9. The minimum Gasteiger partial charge on any atom is -0.383 e. The molecule has 2 N–H and O–H groups in total. The van der Waals surface area contributed by atoms with E-state index in [-0.39, 0.29) is 5.91 Å². The fourth-order valence-electron chi connectivity index (χ4n) is 2.04. The van der Waals surface area contributed by atoms with Gasteiger partial charge in [0.15, 0.2) is 5.96 Å². The molecule has 0 spiro atoms. The minimum absolute atomic E-state index is 0.0889. The number of hydrogen-bond acceptors (Lipinski definition) is 3. The first-order chi connectivity index (χ1) is 11.6. The van der Waals surface area contributed by atoms with E-state index in [1.165, 1.54) is 0 Å². The van der Waals surface area contributed by atoms with Crippen LogP contribution in [0.4, 0.5) is 0 Å². The topological polar surface area (TPSA) is 66.0 Å². The summed E-state index contributed by atoms with van der Waals surface area (Å²) in [4.78, 5) is 18.3. The number of ether oxygens (including phenoxy) is 1. The van der Waals surface area contributed by atoms with E-state index in [0.717, 1.165) is 16.6 Å². The molecule has 0 radical (unpaired) electrons. The van der Waals surface area contributed by atoms with Crippen molar-refractivity contribution in [3.8, 4) is 0 Å². The minimum atomic E-state index is 0.0889. The quantitative estimate of drug-likeness (QED) is 0.379. The van der Waals surface area contributed by atoms with E-state index in [9.17, 15) is 4.79 Å². The van der Waals surface area contributed by atoms with Crippen LogP contribution in [0.15, 0.2) is 33.7 Å². The summed E-state index contributed by atoms with van der Waals surface area (Å²) in [6.45, 7) is 5.06. The predicted molar refractivity (Wildman–Crippen MR) is 101 cm³/mol. The zero-order chi connectivity index (χ0) is 17.8. The highest BCUT2D eigenvalue weighted by Gasteiger charge is 2.10. The summed E-state index contributed by atoms with van der Waals surface area (Å²) in [7, 11) is 3.47. The lowest BCUT2D eigenvalue weighted by Crippen LogP contribution is -2.39. The van der Waals surface area contributed by atoms with Gasteiger partial charge in [-0.15, -0.1) is 0 Å². The molecule has 134 valence electrons. The molecule has 0 fully saturated rings. The lowest BCUT2D eigenvalue weighted by atomic mass is 10.2. The number of amides is 1. The Morgan fingerprint density at radius 2 is 2.08 bits per heavy atom. The van der Waals surface area contributed by atoms with Gasteiger partial charge in [0.05, 0.1) is 13.2 Å². The fourth-order valence-corrected chi connectivity index (χ4v) is 2.45. The standard InChI is InChI=1S/C17H27BrN4O2/c1-4-19-17(21-11-12-24-3)20-10-9-16(23)22(2)13-14-7-5-6-8-15(14)18/h5-8H,4,9-13H2,1-3H3,(H2,19,20,21). The monoisotopic (exact) mass is 398 g/mol. The van der Waals surface area contributed by atoms with E-state index < -0.39 is 0 Å². The van der Waals surface area contributed by atoms with Crippen LogP contribution in [0.2, 0.25) is 0 Å². The number of aliphatic imine (C=N–C) groups is 1. The SMILES string of the molecule is CCNC(=NCCOC)NCCC(=O)N(C)Cc1ccccc1Br. The Hall–Kier alpha value is -1.60. The number of hydrogen-bond donors (Lipinski definition) is 2. The van der Waals surface area contributed by atoms with E-state index in [1.54, 1.807) is 12.0 Å². The second-order valence-corrected chi connectivity index (χ2v) is 6.13. The number of halogens is 1. The molecule has 0 bridgehead atoms. The summed E-state index contributed by atoms with van der Waals surface area (Å²) in [5.41, 5.74) is 1.09. The summed E-state index contributed by atoms with van der Waals surface area (Å²) in [6, 6.07) is 7.93. The summed E-state index contributed by atoms with van der Waals surface area (Å²) < 4.78 is 6.00. The highest BCUT2D eigenvalue weighted by Crippen LogP contribution is 2.17. The van der Waals surface area contributed by atoms with Gasteiger partial charge < -0.3 is 20.3 Å². The Labute approximate surface area is 152 Å². The van der Waals surface area contributed by atoms with Crippen molar-refractivity contribution in [2.24, 2.45) is 4.99 Å². The van der Waals surface area contributed by atoms with Crippen LogP contribution in [-0.4, -0.2) is 57.2 Å². The van der Waals surface area contributed by atoms with Crippen LogP contribution in [-0.2, 0) is 16.1 Å². The van der Waals surface area contributed by atoms with Crippen LogP contribution in [0.1, 0.15) is 18.9 Å². The van der Waals surface area contributed by atoms with Gasteiger partial charge in [0.2, 0.25) is 5.91 Å². The van der Waals surface area contributed by atoms with Crippen molar-refractivity contribution in [2.45, 2.75) is 19.9 Å². The smallest absolute Gasteiger partial charge is 0.224 e. The van der Waals surface area contributed by atoms with Crippen LogP contribution >= 0.6 is 15.9 Å². The van der Waals surface area contributed by atoms with Crippen molar-refractivity contribution in [2.75, 3.05) is 40.4 Å². The average Bonchev–Trinajstić information content (AvgIpc) is 2.57. The molecule has 0 atom stereocenters. The van der Waals surface area contributed by atoms with Gasteiger partial charge in [-0.05, 0) is 18.6 Å². The maximum Gasteiger partial charge on any atom is 0.224 e. The summed E-state index contributed by atoms with van der Waals surface area (Å²) in [6.07, 6.45) is 0.412. The number of nitrogens with zero attached hydrogens (tertiary/aromatic N) is 2. The largest absolute Gasteiger partial charge is 0.383 e. The van der Waals surface area contributed by atoms with E-state index in [1.807, 2.05) is 38.2 Å². The van der Waals surface area contributed by atoms with Crippen molar-refractivity contribution in [3.63, 3.8) is 0 Å². The van der Waals surface area contributed by atoms with Gasteiger partial charge in [-0.1, -0.05) is 34.1 Å². The van der Waals surface area contributed by atoms with Gasteiger partial charge in [-0.25, -0.2) is 0 Å². The number of nitrogens with one attached hydrogen (secondary N) is 2. The highest BCUT2D eigenvalue weighted by molar-refractivity contribution is 9.10. The second kappa shape index (κ2) is 11.9. The summed E-state index contributed by atoms with van der Waals surface area (Å²) in [5, 5.41) is 6.31. The Kier molecular flexibility index (Phi) is 10.1. The highest BCUT2D eigenvalue weighted by atomic mass is 79.9. The molecule has 1 amide bonds. The fraction of sp³-hybridized carbons (Fsp3) is 0.529. The number of carbonyl (C=O) groups is 1. The van der Waals surface area contributed by atoms with E-state index in [2.05, 4.69) is 31.6 Å². The Bertz CT molecular complexity index is 537. The molecule has 0 heterocycles. The third kappa shape index (κ3) is 7.79. The molecule has 6 nitrogen and oxygen atoms in total. The van der Waals surface area contributed by atoms with Crippen LogP contribution < -0.4 is 10.6 Å². The van der Waals surface area contributed by atoms with Crippen LogP contribution in [0.25, 0.3) is 0 Å². The van der Waals surface area contributed by atoms with Crippen molar-refractivity contribution in [1.82, 2.24) is 15.5 Å². The van der Waals surface area contributed by atoms with Gasteiger partial charge in [-0.3, -0.25) is 9.79 Å². The van der Waals surface area contributed by atoms with Gasteiger partial charge in [0, 0.05) is 44.7 Å². The molecule has 0 unspecified atom stereocenters. The summed E-state index contributed by atoms with van der Waals surface area (Å²) >= 11 is 3.51. The molecule has 0 aliphatic rings. The molecule has 1 rings (SSSR count). The molecule has 24 heavy (non-hydrogen) atoms. The number of carbonyl (C=O) groups excluding carboxylic acids is 1. The van der Waals surface area contributed by atoms with Gasteiger partial charge in [0.1, 0.15) is 0 Å². The Morgan fingerprint density at radius 3 is 2.75 bits per heavy atom. The van der Waals surface area contributed by atoms with Gasteiger partial charge in [0.25, 0.3) is 0 Å². The first kappa shape index (κ1) is 20.4. The zero-order valence-corrected chi connectivity index (χ0v) is 16.2. The summed E-state index contributed by atoms with van der Waals surface area (Å²) in [5.74, 6) is 0.793. The average molecular weight is 399 g/mol. The van der Waals surface area contributed by atoms with Gasteiger partial charge in [-0.2, -0.15) is 0 Å². The Morgan fingerprint density at radius 1 is 1.33 bits per heavy atom.